The molecule has 4 aromatic rings. The number of alkyl halides is 9. The summed E-state index contributed by atoms with van der Waals surface area (Å²) in [6.07, 6.45) is 15.5. The van der Waals surface area contributed by atoms with Gasteiger partial charge in [-0.2, -0.15) is 13.2 Å². The molecule has 0 saturated carbocycles. The summed E-state index contributed by atoms with van der Waals surface area (Å²) in [6.45, 7) is 0. The van der Waals surface area contributed by atoms with Crippen LogP contribution in [-0.2, 0) is 10.1 Å². The van der Waals surface area contributed by atoms with Crippen molar-refractivity contribution in [2.75, 3.05) is 0 Å². The largest absolute Gasteiger partial charge is 0.741 e. The number of fused-ring (bicyclic) bond motifs is 3. The van der Waals surface area contributed by atoms with E-state index in [0.717, 1.165) is 34.3 Å². The van der Waals surface area contributed by atoms with Gasteiger partial charge in [0.2, 0.25) is 11.4 Å². The second-order valence-corrected chi connectivity index (χ2v) is 16.4. The predicted octanol–water partition coefficient (Wildman–Crippen LogP) is 9.73. The molecule has 7 heterocycles. The second-order valence-electron chi connectivity index (χ2n) is 11.1. The van der Waals surface area contributed by atoms with E-state index in [1.165, 1.54) is 49.9 Å². The minimum Gasteiger partial charge on any atom is -0.741 e. The zero-order valence-corrected chi connectivity index (χ0v) is 29.7. The van der Waals surface area contributed by atoms with E-state index < -0.39 is 30.6 Å². The van der Waals surface area contributed by atoms with Crippen LogP contribution in [0.1, 0.15) is 38.5 Å². The van der Waals surface area contributed by atoms with Crippen molar-refractivity contribution in [1.29, 1.82) is 0 Å². The lowest BCUT2D eigenvalue weighted by Crippen LogP contribution is -2.83. The van der Waals surface area contributed by atoms with Gasteiger partial charge < -0.3 is 22.3 Å². The molecule has 0 radical (unpaired) electrons. The Morgan fingerprint density at radius 1 is 0.745 bits per heavy atom. The Kier molecular flexibility index (Phi) is 12.9. The van der Waals surface area contributed by atoms with Gasteiger partial charge in [-0.1, -0.05) is 108 Å². The molecule has 0 N–H and O–H groups in total. The maximum Gasteiger partial charge on any atom is 0.553 e. The lowest BCUT2D eigenvalue weighted by molar-refractivity contribution is -0.653. The van der Waals surface area contributed by atoms with Crippen LogP contribution in [0.3, 0.4) is 0 Å². The summed E-state index contributed by atoms with van der Waals surface area (Å²) >= 11 is 28.8. The van der Waals surface area contributed by atoms with Gasteiger partial charge >= 0.3 is 11.9 Å². The summed E-state index contributed by atoms with van der Waals surface area (Å²) in [5, 5.41) is 0. The first-order valence-electron chi connectivity index (χ1n) is 14.3. The average Bonchev–Trinajstić information content (AvgIpc) is 3.74. The molecule has 2 fully saturated rings. The monoisotopic (exact) mass is 794 g/mol. The Morgan fingerprint density at radius 2 is 1.09 bits per heavy atom. The van der Waals surface area contributed by atoms with E-state index >= 15 is 0 Å². The van der Waals surface area contributed by atoms with Crippen LogP contribution < -0.4 is 8.96 Å². The van der Waals surface area contributed by atoms with Crippen LogP contribution in [0.25, 0.3) is 34.0 Å². The first kappa shape index (κ1) is 38.2. The standard InChI is InChI=1S/C26H26BN2O2.2CHCl3.CHF3O3S/c1-5-21-7-2-8-22(6-1)27(21)28-13-11-19(25-9-3-15-30-25)17-23(28)24-18-20(12-14-29(24)27)26-10-4-16-31-26;2*2-1(3)4;2-1(3,4)8(5,6)7/h3-4,9-18,21-22H,1-2,5-8H2;2*1H;(H,5,6,7)/q+1;;;/p-1. The molecular weight excluding hydrogens is 769 g/mol. The summed E-state index contributed by atoms with van der Waals surface area (Å²) in [6, 6.07) is 17.2. The summed E-state index contributed by atoms with van der Waals surface area (Å²) in [5.74, 6) is 3.33. The number of furan rings is 2. The van der Waals surface area contributed by atoms with Crippen molar-refractivity contribution in [3.63, 3.8) is 0 Å². The lowest BCUT2D eigenvalue weighted by Gasteiger charge is -2.45. The number of pyridine rings is 2. The highest BCUT2D eigenvalue weighted by molar-refractivity contribution is 7.86. The third-order valence-electron chi connectivity index (χ3n) is 8.71. The van der Waals surface area contributed by atoms with Gasteiger partial charge in [0.1, 0.15) is 23.9 Å². The average molecular weight is 797 g/mol. The lowest BCUT2D eigenvalue weighted by atomic mass is 9.24. The van der Waals surface area contributed by atoms with E-state index in [4.69, 9.17) is 91.4 Å². The Morgan fingerprint density at radius 3 is 1.36 bits per heavy atom. The highest BCUT2D eigenvalue weighted by Gasteiger charge is 2.68. The summed E-state index contributed by atoms with van der Waals surface area (Å²) in [5.41, 5.74) is -0.755. The van der Waals surface area contributed by atoms with E-state index in [-0.39, 0.29) is 0 Å². The SMILES string of the molecule is ClC(Cl)Cl.ClC(Cl)Cl.O=S(=O)([O-])C(F)(F)F.c1coc(-c2cc[n+]3c(c2)-c2cc(-c4ccco4)cc[n+]2[B-]32C3CCCC2CCC3)c1. The van der Waals surface area contributed by atoms with Crippen LogP contribution in [0, 0.1) is 0 Å². The predicted molar refractivity (Wildman–Crippen MR) is 178 cm³/mol. The smallest absolute Gasteiger partial charge is 0.553 e. The molecule has 0 amide bonds. The molecule has 0 aromatic carbocycles. The number of hydrogen-bond acceptors (Lipinski definition) is 5. The van der Waals surface area contributed by atoms with Gasteiger partial charge in [-0.15, -0.1) is 0 Å². The van der Waals surface area contributed by atoms with E-state index in [1.54, 1.807) is 12.5 Å². The molecule has 4 aromatic heterocycles. The minimum absolute atomic E-state index is 0.742. The number of halogens is 9. The molecule has 47 heavy (non-hydrogen) atoms. The molecule has 256 valence electrons. The third kappa shape index (κ3) is 8.76. The van der Waals surface area contributed by atoms with Crippen molar-refractivity contribution in [3.05, 3.63) is 73.5 Å². The van der Waals surface area contributed by atoms with Gasteiger partial charge in [0, 0.05) is 35.4 Å². The highest BCUT2D eigenvalue weighted by atomic mass is 35.6. The van der Waals surface area contributed by atoms with E-state index in [2.05, 4.69) is 45.6 Å². The molecule has 7 rings (SSSR count). The quantitative estimate of drug-likeness (QED) is 0.0873. The Balaban J connectivity index is 0.000000263. The van der Waals surface area contributed by atoms with Crippen molar-refractivity contribution >= 4 is 86.1 Å². The molecule has 7 nitrogen and oxygen atoms in total. The normalized spacial score (nSPS) is 19.1. The fraction of sp³-hybridized carbons (Fsp3) is 0.379. The first-order chi connectivity index (χ1) is 22.1. The van der Waals surface area contributed by atoms with Gasteiger partial charge in [0.05, 0.1) is 12.5 Å². The third-order valence-corrected chi connectivity index (χ3v) is 9.27. The van der Waals surface area contributed by atoms with Crippen LogP contribution in [0.5, 0.6) is 0 Å². The molecule has 3 aliphatic rings. The number of hydrogen-bond donors (Lipinski definition) is 0. The highest BCUT2D eigenvalue weighted by Crippen LogP contribution is 2.52. The van der Waals surface area contributed by atoms with Crippen LogP contribution in [0.4, 0.5) is 13.2 Å². The Hall–Kier alpha value is -1.64. The van der Waals surface area contributed by atoms with Gasteiger partial charge in [-0.3, -0.25) is 0 Å². The number of rotatable bonds is 2. The van der Waals surface area contributed by atoms with Crippen LogP contribution in [0.2, 0.25) is 11.6 Å². The van der Waals surface area contributed by atoms with Gasteiger partial charge in [0.25, 0.3) is 0 Å². The van der Waals surface area contributed by atoms with Gasteiger partial charge in [-0.25, -0.2) is 8.42 Å². The Labute approximate surface area is 300 Å². The number of nitrogens with zero attached hydrogens (tertiary/aromatic N) is 2. The van der Waals surface area contributed by atoms with Crippen LogP contribution >= 0.6 is 69.6 Å². The zero-order valence-electron chi connectivity index (χ0n) is 24.3. The zero-order chi connectivity index (χ0) is 34.6. The molecule has 2 saturated heterocycles. The molecular formula is C29H28BCl6F3N2O5S. The van der Waals surface area contributed by atoms with Crippen LogP contribution in [-0.4, -0.2) is 33.5 Å². The Bertz CT molecular complexity index is 1610. The van der Waals surface area contributed by atoms with Gasteiger partial charge in [-0.05, 0) is 35.9 Å². The molecule has 0 atom stereocenters. The molecule has 3 aliphatic heterocycles. The number of aromatic nitrogens is 2. The fourth-order valence-electron chi connectivity index (χ4n) is 7.33. The molecule has 0 aliphatic carbocycles. The topological polar surface area (TPSA) is 91.2 Å². The van der Waals surface area contributed by atoms with E-state index in [0.29, 0.717) is 0 Å². The first-order valence-corrected chi connectivity index (χ1v) is 18.3. The van der Waals surface area contributed by atoms with Crippen molar-refractivity contribution in [2.45, 2.75) is 64.3 Å². The molecule has 0 unspecified atom stereocenters. The molecule has 2 bridgehead atoms. The van der Waals surface area contributed by atoms with Crippen molar-refractivity contribution in [3.8, 4) is 34.0 Å². The van der Waals surface area contributed by atoms with E-state index in [1.807, 2.05) is 24.3 Å². The van der Waals surface area contributed by atoms with Crippen LogP contribution in [0.15, 0.2) is 82.3 Å². The fourth-order valence-corrected chi connectivity index (χ4v) is 7.33. The minimum atomic E-state index is -6.09. The van der Waals surface area contributed by atoms with Gasteiger partial charge in [0.15, 0.2) is 18.7 Å². The summed E-state index contributed by atoms with van der Waals surface area (Å²) < 4.78 is 74.2. The van der Waals surface area contributed by atoms with Crippen molar-refractivity contribution in [1.82, 2.24) is 0 Å². The summed E-state index contributed by atoms with van der Waals surface area (Å²) in [7, 11) is -6.09. The molecule has 1 spiro atoms. The van der Waals surface area contributed by atoms with E-state index in [9.17, 15) is 13.2 Å². The maximum absolute atomic E-state index is 10.7. The van der Waals surface area contributed by atoms with Crippen molar-refractivity contribution in [2.24, 2.45) is 0 Å². The maximum atomic E-state index is 10.7. The molecule has 18 heteroatoms. The summed E-state index contributed by atoms with van der Waals surface area (Å²) in [4.78, 5) is 0. The van der Waals surface area contributed by atoms with Crippen molar-refractivity contribution < 1.29 is 43.9 Å². The second kappa shape index (κ2) is 15.9.